The molecule has 0 aliphatic rings. The monoisotopic (exact) mass is 423 g/mol. The zero-order chi connectivity index (χ0) is 13.5. The van der Waals surface area contributed by atoms with Crippen molar-refractivity contribution in [2.24, 2.45) is 5.92 Å². The smallest absolute Gasteiger partial charge is 0.227 e. The minimum atomic E-state index is 0.120. The van der Waals surface area contributed by atoms with E-state index in [2.05, 4.69) is 57.7 Å². The summed E-state index contributed by atoms with van der Waals surface area (Å²) >= 11 is 5.71. The van der Waals surface area contributed by atoms with Crippen LogP contribution < -0.4 is 5.32 Å². The minimum absolute atomic E-state index is 0.120. The zero-order valence-electron chi connectivity index (χ0n) is 10.8. The van der Waals surface area contributed by atoms with Crippen LogP contribution in [0.15, 0.2) is 22.7 Å². The number of amides is 1. The molecule has 18 heavy (non-hydrogen) atoms. The van der Waals surface area contributed by atoms with Crippen LogP contribution in [0, 0.1) is 9.49 Å². The first-order valence-electron chi connectivity index (χ1n) is 6.34. The Balaban J connectivity index is 2.70. The van der Waals surface area contributed by atoms with E-state index < -0.39 is 0 Å². The molecule has 0 fully saturated rings. The third kappa shape index (κ3) is 4.88. The second-order valence-corrected chi connectivity index (χ2v) is 6.46. The van der Waals surface area contributed by atoms with Crippen LogP contribution in [0.2, 0.25) is 0 Å². The summed E-state index contributed by atoms with van der Waals surface area (Å²) < 4.78 is 2.05. The molecule has 2 nitrogen and oxygen atoms in total. The molecule has 0 saturated carbocycles. The molecule has 0 spiro atoms. The largest absolute Gasteiger partial charge is 0.325 e. The first-order chi connectivity index (χ1) is 8.58. The van der Waals surface area contributed by atoms with Gasteiger partial charge in [0.15, 0.2) is 0 Å². The highest BCUT2D eigenvalue weighted by Gasteiger charge is 2.16. The van der Waals surface area contributed by atoms with Crippen molar-refractivity contribution in [3.05, 3.63) is 26.2 Å². The van der Waals surface area contributed by atoms with Gasteiger partial charge in [0.05, 0.1) is 5.69 Å². The van der Waals surface area contributed by atoms with Gasteiger partial charge in [-0.05, 0) is 69.6 Å². The first-order valence-corrected chi connectivity index (χ1v) is 8.21. The predicted molar refractivity (Wildman–Crippen MR) is 88.8 cm³/mol. The molecule has 1 aromatic rings. The van der Waals surface area contributed by atoms with Gasteiger partial charge in [0.25, 0.3) is 0 Å². The molecule has 0 heterocycles. The lowest BCUT2D eigenvalue weighted by Gasteiger charge is -2.15. The lowest BCUT2D eigenvalue weighted by atomic mass is 9.98. The van der Waals surface area contributed by atoms with Gasteiger partial charge in [-0.2, -0.15) is 0 Å². The van der Waals surface area contributed by atoms with Crippen LogP contribution in [0.1, 0.15) is 39.5 Å². The van der Waals surface area contributed by atoms with E-state index in [1.807, 2.05) is 18.2 Å². The van der Waals surface area contributed by atoms with E-state index in [1.54, 1.807) is 0 Å². The van der Waals surface area contributed by atoms with Crippen molar-refractivity contribution in [2.75, 3.05) is 5.32 Å². The van der Waals surface area contributed by atoms with Gasteiger partial charge in [-0.15, -0.1) is 0 Å². The standard InChI is InChI=1S/C14H19BrINO/c1-3-5-6-10(4-2)14(18)17-13-9-11(16)7-8-12(13)15/h7-10H,3-6H2,1-2H3,(H,17,18). The Kier molecular flexibility index (Phi) is 7.22. The number of anilines is 1. The Labute approximate surface area is 131 Å². The summed E-state index contributed by atoms with van der Waals surface area (Å²) in [5.74, 6) is 0.253. The van der Waals surface area contributed by atoms with Gasteiger partial charge in [-0.3, -0.25) is 4.79 Å². The summed E-state index contributed by atoms with van der Waals surface area (Å²) in [6, 6.07) is 5.95. The Morgan fingerprint density at radius 3 is 2.78 bits per heavy atom. The van der Waals surface area contributed by atoms with Gasteiger partial charge < -0.3 is 5.32 Å². The molecule has 1 amide bonds. The Morgan fingerprint density at radius 2 is 2.17 bits per heavy atom. The van der Waals surface area contributed by atoms with Crippen molar-refractivity contribution < 1.29 is 4.79 Å². The van der Waals surface area contributed by atoms with Gasteiger partial charge in [0, 0.05) is 14.0 Å². The second kappa shape index (κ2) is 8.15. The highest BCUT2D eigenvalue weighted by Crippen LogP contribution is 2.25. The first kappa shape index (κ1) is 16.0. The molecule has 100 valence electrons. The molecule has 1 atom stereocenters. The molecular weight excluding hydrogens is 405 g/mol. The van der Waals surface area contributed by atoms with E-state index >= 15 is 0 Å². The van der Waals surface area contributed by atoms with E-state index in [4.69, 9.17) is 0 Å². The fourth-order valence-corrected chi connectivity index (χ4v) is 2.64. The molecule has 0 radical (unpaired) electrons. The van der Waals surface area contributed by atoms with Gasteiger partial charge in [0.2, 0.25) is 5.91 Å². The lowest BCUT2D eigenvalue weighted by Crippen LogP contribution is -2.22. The number of nitrogens with one attached hydrogen (secondary N) is 1. The number of benzene rings is 1. The number of rotatable bonds is 6. The van der Waals surface area contributed by atoms with Crippen LogP contribution in [-0.2, 0) is 4.79 Å². The van der Waals surface area contributed by atoms with Crippen molar-refractivity contribution in [1.29, 1.82) is 0 Å². The van der Waals surface area contributed by atoms with Crippen molar-refractivity contribution in [1.82, 2.24) is 0 Å². The maximum atomic E-state index is 12.2. The number of halogens is 2. The summed E-state index contributed by atoms with van der Waals surface area (Å²) in [4.78, 5) is 12.2. The quantitative estimate of drug-likeness (QED) is 0.625. The van der Waals surface area contributed by atoms with Crippen LogP contribution >= 0.6 is 38.5 Å². The van der Waals surface area contributed by atoms with E-state index in [9.17, 15) is 4.79 Å². The van der Waals surface area contributed by atoms with Crippen molar-refractivity contribution >= 4 is 50.1 Å². The average Bonchev–Trinajstić information content (AvgIpc) is 2.35. The third-order valence-corrected chi connectivity index (χ3v) is 4.32. The molecule has 0 aliphatic carbocycles. The van der Waals surface area contributed by atoms with E-state index in [1.165, 1.54) is 0 Å². The molecule has 1 N–H and O–H groups in total. The molecule has 0 aromatic heterocycles. The molecule has 0 aliphatic heterocycles. The number of carbonyl (C=O) groups excluding carboxylic acids is 1. The SMILES string of the molecule is CCCCC(CC)C(=O)Nc1cc(I)ccc1Br. The topological polar surface area (TPSA) is 29.1 Å². The van der Waals surface area contributed by atoms with Gasteiger partial charge in [-0.25, -0.2) is 0 Å². The minimum Gasteiger partial charge on any atom is -0.325 e. The highest BCUT2D eigenvalue weighted by molar-refractivity contribution is 14.1. The highest BCUT2D eigenvalue weighted by atomic mass is 127. The number of carbonyl (C=O) groups is 1. The van der Waals surface area contributed by atoms with Crippen molar-refractivity contribution in [3.8, 4) is 0 Å². The van der Waals surface area contributed by atoms with Crippen LogP contribution in [0.25, 0.3) is 0 Å². The van der Waals surface area contributed by atoms with Crippen LogP contribution in [0.4, 0.5) is 5.69 Å². The summed E-state index contributed by atoms with van der Waals surface area (Å²) in [5, 5.41) is 3.02. The predicted octanol–water partition coefficient (Wildman–Crippen LogP) is 5.21. The van der Waals surface area contributed by atoms with E-state index in [-0.39, 0.29) is 11.8 Å². The molecule has 1 aromatic carbocycles. The Bertz CT molecular complexity index is 409. The summed E-state index contributed by atoms with van der Waals surface area (Å²) in [6.07, 6.45) is 4.11. The summed E-state index contributed by atoms with van der Waals surface area (Å²) in [5.41, 5.74) is 0.863. The maximum Gasteiger partial charge on any atom is 0.227 e. The lowest BCUT2D eigenvalue weighted by molar-refractivity contribution is -0.120. The van der Waals surface area contributed by atoms with E-state index in [0.29, 0.717) is 0 Å². The number of hydrogen-bond donors (Lipinski definition) is 1. The Morgan fingerprint density at radius 1 is 1.44 bits per heavy atom. The molecule has 0 bridgehead atoms. The summed E-state index contributed by atoms with van der Waals surface area (Å²) in [7, 11) is 0. The fourth-order valence-electron chi connectivity index (χ4n) is 1.80. The van der Waals surface area contributed by atoms with Crippen LogP contribution in [0.3, 0.4) is 0 Å². The van der Waals surface area contributed by atoms with Gasteiger partial charge >= 0.3 is 0 Å². The zero-order valence-corrected chi connectivity index (χ0v) is 14.5. The molecule has 1 rings (SSSR count). The maximum absolute atomic E-state index is 12.2. The number of unbranched alkanes of at least 4 members (excludes halogenated alkanes) is 1. The summed E-state index contributed by atoms with van der Waals surface area (Å²) in [6.45, 7) is 4.23. The van der Waals surface area contributed by atoms with Crippen LogP contribution in [-0.4, -0.2) is 5.91 Å². The normalized spacial score (nSPS) is 12.2. The van der Waals surface area contributed by atoms with Crippen LogP contribution in [0.5, 0.6) is 0 Å². The molecule has 1 unspecified atom stereocenters. The number of hydrogen-bond acceptors (Lipinski definition) is 1. The molecule has 0 saturated heterocycles. The average molecular weight is 424 g/mol. The fraction of sp³-hybridized carbons (Fsp3) is 0.500. The second-order valence-electron chi connectivity index (χ2n) is 4.36. The van der Waals surface area contributed by atoms with Gasteiger partial charge in [-0.1, -0.05) is 26.7 Å². The molecule has 4 heteroatoms. The van der Waals surface area contributed by atoms with E-state index in [0.717, 1.165) is 39.4 Å². The Hall–Kier alpha value is -0.100. The van der Waals surface area contributed by atoms with Crippen molar-refractivity contribution in [3.63, 3.8) is 0 Å². The molecular formula is C14H19BrINO. The van der Waals surface area contributed by atoms with Gasteiger partial charge in [0.1, 0.15) is 0 Å². The van der Waals surface area contributed by atoms with Crippen molar-refractivity contribution in [2.45, 2.75) is 39.5 Å². The third-order valence-electron chi connectivity index (χ3n) is 2.96.